The van der Waals surface area contributed by atoms with E-state index in [-0.39, 0.29) is 12.5 Å². The molecular formula is C10H14N2O2. The van der Waals surface area contributed by atoms with E-state index >= 15 is 0 Å². The highest BCUT2D eigenvalue weighted by Gasteiger charge is 2.01. The second kappa shape index (κ2) is 4.62. The van der Waals surface area contributed by atoms with Crippen LogP contribution in [-0.4, -0.2) is 19.6 Å². The van der Waals surface area contributed by atoms with Gasteiger partial charge in [0.15, 0.2) is 0 Å². The minimum Gasteiger partial charge on any atom is -0.399 e. The maximum atomic E-state index is 11.1. The fourth-order valence-electron chi connectivity index (χ4n) is 1.08. The molecule has 76 valence electrons. The molecule has 0 saturated carbocycles. The average molecular weight is 194 g/mol. The van der Waals surface area contributed by atoms with Gasteiger partial charge in [-0.1, -0.05) is 0 Å². The smallest absolute Gasteiger partial charge is 0.250 e. The van der Waals surface area contributed by atoms with E-state index < -0.39 is 0 Å². The third-order valence-electron chi connectivity index (χ3n) is 1.83. The Bertz CT molecular complexity index is 337. The summed E-state index contributed by atoms with van der Waals surface area (Å²) in [6.45, 7) is 1.95. The molecule has 0 radical (unpaired) electrons. The van der Waals surface area contributed by atoms with E-state index in [4.69, 9.17) is 10.5 Å². The molecule has 0 heterocycles. The summed E-state index contributed by atoms with van der Waals surface area (Å²) < 4.78 is 4.69. The van der Waals surface area contributed by atoms with Crippen LogP contribution in [0.15, 0.2) is 18.2 Å². The number of hydrogen-bond acceptors (Lipinski definition) is 3. The zero-order valence-electron chi connectivity index (χ0n) is 8.33. The number of benzene rings is 1. The first kappa shape index (κ1) is 10.5. The van der Waals surface area contributed by atoms with Crippen LogP contribution in [0.1, 0.15) is 5.56 Å². The predicted molar refractivity (Wildman–Crippen MR) is 56.1 cm³/mol. The van der Waals surface area contributed by atoms with E-state index in [1.807, 2.05) is 13.0 Å². The number of ether oxygens (including phenoxy) is 1. The van der Waals surface area contributed by atoms with Crippen LogP contribution in [0.2, 0.25) is 0 Å². The van der Waals surface area contributed by atoms with Gasteiger partial charge in [0.1, 0.15) is 6.61 Å². The first-order chi connectivity index (χ1) is 6.63. The molecule has 4 heteroatoms. The fourth-order valence-corrected chi connectivity index (χ4v) is 1.08. The van der Waals surface area contributed by atoms with Crippen LogP contribution in [-0.2, 0) is 9.53 Å². The summed E-state index contributed by atoms with van der Waals surface area (Å²) in [6.07, 6.45) is 0. The zero-order chi connectivity index (χ0) is 10.6. The molecule has 1 aromatic rings. The maximum absolute atomic E-state index is 11.1. The van der Waals surface area contributed by atoms with Gasteiger partial charge in [-0.05, 0) is 30.7 Å². The normalized spacial score (nSPS) is 9.86. The van der Waals surface area contributed by atoms with Gasteiger partial charge in [-0.2, -0.15) is 0 Å². The van der Waals surface area contributed by atoms with Crippen molar-refractivity contribution in [3.63, 3.8) is 0 Å². The van der Waals surface area contributed by atoms with Crippen molar-refractivity contribution >= 4 is 17.3 Å². The summed E-state index contributed by atoms with van der Waals surface area (Å²) in [5.41, 5.74) is 8.04. The number of carbonyl (C=O) groups excluding carboxylic acids is 1. The van der Waals surface area contributed by atoms with E-state index in [1.54, 1.807) is 12.1 Å². The molecule has 0 fully saturated rings. The number of nitrogens with two attached hydrogens (primary N) is 1. The molecule has 0 aromatic heterocycles. The van der Waals surface area contributed by atoms with Crippen LogP contribution in [0.25, 0.3) is 0 Å². The molecule has 1 aromatic carbocycles. The van der Waals surface area contributed by atoms with E-state index in [0.29, 0.717) is 0 Å². The Morgan fingerprint density at radius 1 is 1.57 bits per heavy atom. The van der Waals surface area contributed by atoms with Gasteiger partial charge in [0.05, 0.1) is 0 Å². The molecule has 0 saturated heterocycles. The van der Waals surface area contributed by atoms with E-state index in [9.17, 15) is 4.79 Å². The lowest BCUT2D eigenvalue weighted by atomic mass is 10.2. The second-order valence-electron chi connectivity index (χ2n) is 3.05. The van der Waals surface area contributed by atoms with Crippen molar-refractivity contribution in [2.45, 2.75) is 6.92 Å². The maximum Gasteiger partial charge on any atom is 0.250 e. The Balaban J connectivity index is 2.68. The number of carbonyl (C=O) groups is 1. The summed E-state index contributed by atoms with van der Waals surface area (Å²) in [5, 5.41) is 2.69. The van der Waals surface area contributed by atoms with Crippen molar-refractivity contribution in [3.05, 3.63) is 23.8 Å². The number of hydrogen-bond donors (Lipinski definition) is 2. The molecular weight excluding hydrogens is 180 g/mol. The van der Waals surface area contributed by atoms with Gasteiger partial charge < -0.3 is 15.8 Å². The molecule has 14 heavy (non-hydrogen) atoms. The minimum atomic E-state index is -0.170. The van der Waals surface area contributed by atoms with Crippen molar-refractivity contribution in [1.82, 2.24) is 0 Å². The van der Waals surface area contributed by atoms with Gasteiger partial charge in [0.25, 0.3) is 0 Å². The topological polar surface area (TPSA) is 64.3 Å². The molecule has 0 aliphatic rings. The highest BCUT2D eigenvalue weighted by molar-refractivity contribution is 5.92. The summed E-state index contributed by atoms with van der Waals surface area (Å²) in [6, 6.07) is 5.34. The monoisotopic (exact) mass is 194 g/mol. The van der Waals surface area contributed by atoms with Crippen LogP contribution >= 0.6 is 0 Å². The molecule has 0 unspecified atom stereocenters. The third-order valence-corrected chi connectivity index (χ3v) is 1.83. The quantitative estimate of drug-likeness (QED) is 0.710. The standard InChI is InChI=1S/C10H14N2O2/c1-7-5-8(3-4-9(7)11)12-10(13)6-14-2/h3-5H,6,11H2,1-2H3,(H,12,13). The Kier molecular flexibility index (Phi) is 3.48. The highest BCUT2D eigenvalue weighted by atomic mass is 16.5. The van der Waals surface area contributed by atoms with Crippen molar-refractivity contribution < 1.29 is 9.53 Å². The molecule has 4 nitrogen and oxygen atoms in total. The Labute approximate surface area is 83.1 Å². The molecule has 0 bridgehead atoms. The molecule has 1 rings (SSSR count). The van der Waals surface area contributed by atoms with E-state index in [2.05, 4.69) is 5.32 Å². The molecule has 1 amide bonds. The number of amides is 1. The molecule has 0 spiro atoms. The lowest BCUT2D eigenvalue weighted by molar-refractivity contribution is -0.119. The fraction of sp³-hybridized carbons (Fsp3) is 0.300. The minimum absolute atomic E-state index is 0.0590. The van der Waals surface area contributed by atoms with Crippen molar-refractivity contribution in [3.8, 4) is 0 Å². The molecule has 0 aliphatic heterocycles. The van der Waals surface area contributed by atoms with E-state index in [1.165, 1.54) is 7.11 Å². The highest BCUT2D eigenvalue weighted by Crippen LogP contribution is 2.16. The largest absolute Gasteiger partial charge is 0.399 e. The number of nitrogen functional groups attached to an aromatic ring is 1. The van der Waals surface area contributed by atoms with Crippen LogP contribution in [0.3, 0.4) is 0 Å². The van der Waals surface area contributed by atoms with Crippen molar-refractivity contribution in [2.75, 3.05) is 24.8 Å². The first-order valence-corrected chi connectivity index (χ1v) is 4.28. The summed E-state index contributed by atoms with van der Waals surface area (Å²) in [7, 11) is 1.48. The van der Waals surface area contributed by atoms with Gasteiger partial charge >= 0.3 is 0 Å². The lowest BCUT2D eigenvalue weighted by Gasteiger charge is -2.06. The number of anilines is 2. The van der Waals surface area contributed by atoms with Gasteiger partial charge in [-0.15, -0.1) is 0 Å². The van der Waals surface area contributed by atoms with Crippen LogP contribution in [0.5, 0.6) is 0 Å². The van der Waals surface area contributed by atoms with Crippen LogP contribution in [0, 0.1) is 6.92 Å². The third kappa shape index (κ3) is 2.74. The van der Waals surface area contributed by atoms with Gasteiger partial charge in [0, 0.05) is 18.5 Å². The van der Waals surface area contributed by atoms with E-state index in [0.717, 1.165) is 16.9 Å². The SMILES string of the molecule is COCC(=O)Nc1ccc(N)c(C)c1. The average Bonchev–Trinajstić information content (AvgIpc) is 2.12. The molecule has 0 atom stereocenters. The summed E-state index contributed by atoms with van der Waals surface area (Å²) >= 11 is 0. The Morgan fingerprint density at radius 3 is 2.86 bits per heavy atom. The number of aryl methyl sites for hydroxylation is 1. The zero-order valence-corrected chi connectivity index (χ0v) is 8.33. The van der Waals surface area contributed by atoms with Crippen molar-refractivity contribution in [2.24, 2.45) is 0 Å². The van der Waals surface area contributed by atoms with Crippen molar-refractivity contribution in [1.29, 1.82) is 0 Å². The lowest BCUT2D eigenvalue weighted by Crippen LogP contribution is -2.17. The number of methoxy groups -OCH3 is 1. The Hall–Kier alpha value is -1.55. The summed E-state index contributed by atoms with van der Waals surface area (Å²) in [5.74, 6) is -0.170. The number of rotatable bonds is 3. The molecule has 3 N–H and O–H groups in total. The van der Waals surface area contributed by atoms with Gasteiger partial charge in [-0.25, -0.2) is 0 Å². The summed E-state index contributed by atoms with van der Waals surface area (Å²) in [4.78, 5) is 11.1. The van der Waals surface area contributed by atoms with Gasteiger partial charge in [0.2, 0.25) is 5.91 Å². The molecule has 0 aliphatic carbocycles. The predicted octanol–water partition coefficient (Wildman–Crippen LogP) is 1.16. The van der Waals surface area contributed by atoms with Crippen LogP contribution < -0.4 is 11.1 Å². The first-order valence-electron chi connectivity index (χ1n) is 4.28. The Morgan fingerprint density at radius 2 is 2.29 bits per heavy atom. The van der Waals surface area contributed by atoms with Gasteiger partial charge in [-0.3, -0.25) is 4.79 Å². The number of nitrogens with one attached hydrogen (secondary N) is 1. The second-order valence-corrected chi connectivity index (χ2v) is 3.05. The van der Waals surface area contributed by atoms with Crippen LogP contribution in [0.4, 0.5) is 11.4 Å².